The lowest BCUT2D eigenvalue weighted by atomic mass is 9.91. The zero-order chi connectivity index (χ0) is 8.39. The fourth-order valence-electron chi connectivity index (χ4n) is 1.83. The van der Waals surface area contributed by atoms with E-state index in [1.54, 1.807) is 0 Å². The third-order valence-corrected chi connectivity index (χ3v) is 2.83. The van der Waals surface area contributed by atoms with Crippen LogP contribution in [0.25, 0.3) is 0 Å². The first-order chi connectivity index (χ1) is 5.90. The first kappa shape index (κ1) is 8.03. The Morgan fingerprint density at radius 1 is 1.42 bits per heavy atom. The van der Waals surface area contributed by atoms with Crippen LogP contribution in [0.1, 0.15) is 19.3 Å². The van der Waals surface area contributed by atoms with E-state index < -0.39 is 0 Å². The second-order valence-electron chi connectivity index (χ2n) is 3.57. The van der Waals surface area contributed by atoms with Gasteiger partial charge < -0.3 is 4.74 Å². The number of morpholine rings is 1. The number of hydrogen-bond acceptors (Lipinski definition) is 3. The van der Waals surface area contributed by atoms with Gasteiger partial charge in [0.15, 0.2) is 6.10 Å². The molecule has 1 saturated heterocycles. The van der Waals surface area contributed by atoms with Gasteiger partial charge in [-0.1, -0.05) is 6.42 Å². The number of hydrogen-bond donors (Lipinski definition) is 0. The molecule has 3 nitrogen and oxygen atoms in total. The summed E-state index contributed by atoms with van der Waals surface area (Å²) in [6, 6.07) is 2.93. The van der Waals surface area contributed by atoms with Gasteiger partial charge in [-0.2, -0.15) is 5.26 Å². The Labute approximate surface area is 72.9 Å². The molecule has 0 bridgehead atoms. The van der Waals surface area contributed by atoms with Gasteiger partial charge >= 0.3 is 0 Å². The predicted molar refractivity (Wildman–Crippen MR) is 44.6 cm³/mol. The maximum absolute atomic E-state index is 8.68. The lowest BCUT2D eigenvalue weighted by molar-refractivity contribution is -0.0311. The molecule has 1 heterocycles. The molecule has 1 aliphatic heterocycles. The van der Waals surface area contributed by atoms with E-state index in [9.17, 15) is 0 Å². The monoisotopic (exact) mass is 166 g/mol. The highest BCUT2D eigenvalue weighted by Gasteiger charge is 2.29. The van der Waals surface area contributed by atoms with Gasteiger partial charge in [0.2, 0.25) is 0 Å². The highest BCUT2D eigenvalue weighted by molar-refractivity contribution is 4.92. The van der Waals surface area contributed by atoms with Gasteiger partial charge in [0.25, 0.3) is 0 Å². The van der Waals surface area contributed by atoms with Crippen LogP contribution in [0, 0.1) is 11.3 Å². The first-order valence-corrected chi connectivity index (χ1v) is 4.65. The van der Waals surface area contributed by atoms with Gasteiger partial charge in [-0.25, -0.2) is 0 Å². The van der Waals surface area contributed by atoms with Crippen molar-refractivity contribution < 1.29 is 4.74 Å². The maximum Gasteiger partial charge on any atom is 0.156 e. The van der Waals surface area contributed by atoms with E-state index in [4.69, 9.17) is 10.00 Å². The van der Waals surface area contributed by atoms with Crippen LogP contribution in [0.5, 0.6) is 0 Å². The number of nitriles is 1. The van der Waals surface area contributed by atoms with Crippen LogP contribution >= 0.6 is 0 Å². The smallest absolute Gasteiger partial charge is 0.156 e. The molecule has 2 rings (SSSR count). The van der Waals surface area contributed by atoms with Crippen molar-refractivity contribution in [3.8, 4) is 6.07 Å². The van der Waals surface area contributed by atoms with Crippen LogP contribution in [0.2, 0.25) is 0 Å². The Bertz CT molecular complexity index is 195. The van der Waals surface area contributed by atoms with Crippen molar-refractivity contribution in [1.29, 1.82) is 5.26 Å². The summed E-state index contributed by atoms with van der Waals surface area (Å²) in [6.07, 6.45) is 3.81. The van der Waals surface area contributed by atoms with Crippen LogP contribution in [0.4, 0.5) is 0 Å². The maximum atomic E-state index is 8.68. The van der Waals surface area contributed by atoms with Crippen LogP contribution < -0.4 is 0 Å². The van der Waals surface area contributed by atoms with E-state index >= 15 is 0 Å². The first-order valence-electron chi connectivity index (χ1n) is 4.65. The van der Waals surface area contributed by atoms with Gasteiger partial charge in [-0.15, -0.1) is 0 Å². The topological polar surface area (TPSA) is 36.3 Å². The zero-order valence-electron chi connectivity index (χ0n) is 7.20. The summed E-state index contributed by atoms with van der Waals surface area (Å²) in [6.45, 7) is 2.57. The molecule has 12 heavy (non-hydrogen) atoms. The van der Waals surface area contributed by atoms with Crippen LogP contribution in [-0.4, -0.2) is 36.7 Å². The molecule has 0 aromatic rings. The standard InChI is InChI=1S/C9H14N2O/c10-6-9-7-11(4-5-12-9)8-2-1-3-8/h8-9H,1-5,7H2. The number of nitrogens with zero attached hydrogens (tertiary/aromatic N) is 2. The molecule has 0 aromatic heterocycles. The largest absolute Gasteiger partial charge is 0.361 e. The average molecular weight is 166 g/mol. The van der Waals surface area contributed by atoms with Crippen molar-refractivity contribution >= 4 is 0 Å². The Balaban J connectivity index is 1.86. The molecule has 2 aliphatic rings. The van der Waals surface area contributed by atoms with E-state index in [1.807, 2.05) is 0 Å². The molecule has 0 amide bonds. The third-order valence-electron chi connectivity index (χ3n) is 2.83. The minimum atomic E-state index is -0.181. The summed E-state index contributed by atoms with van der Waals surface area (Å²) in [4.78, 5) is 2.40. The van der Waals surface area contributed by atoms with Crippen LogP contribution in [0.3, 0.4) is 0 Å². The summed E-state index contributed by atoms with van der Waals surface area (Å²) in [5.41, 5.74) is 0. The van der Waals surface area contributed by atoms with Gasteiger partial charge in [0.05, 0.1) is 12.7 Å². The van der Waals surface area contributed by atoms with E-state index in [1.165, 1.54) is 19.3 Å². The Kier molecular flexibility index (Phi) is 2.29. The minimum absolute atomic E-state index is 0.181. The fourth-order valence-corrected chi connectivity index (χ4v) is 1.83. The summed E-state index contributed by atoms with van der Waals surface area (Å²) in [7, 11) is 0. The van der Waals surface area contributed by atoms with Gasteiger partial charge in [-0.05, 0) is 12.8 Å². The molecule has 1 unspecified atom stereocenters. The second kappa shape index (κ2) is 3.42. The Hall–Kier alpha value is -0.590. The lowest BCUT2D eigenvalue weighted by Crippen LogP contribution is -2.49. The normalized spacial score (nSPS) is 32.4. The molecule has 3 heteroatoms. The third kappa shape index (κ3) is 1.45. The van der Waals surface area contributed by atoms with Crippen LogP contribution in [0.15, 0.2) is 0 Å². The summed E-state index contributed by atoms with van der Waals surface area (Å²) in [5, 5.41) is 8.68. The van der Waals surface area contributed by atoms with Crippen molar-refractivity contribution in [2.24, 2.45) is 0 Å². The van der Waals surface area contributed by atoms with Crippen molar-refractivity contribution in [2.75, 3.05) is 19.7 Å². The van der Waals surface area contributed by atoms with Crippen molar-refractivity contribution in [3.05, 3.63) is 0 Å². The van der Waals surface area contributed by atoms with E-state index in [0.29, 0.717) is 0 Å². The molecule has 0 spiro atoms. The summed E-state index contributed by atoms with van der Waals surface area (Å²) < 4.78 is 5.27. The SMILES string of the molecule is N#CC1CN(C2CCC2)CCO1. The zero-order valence-corrected chi connectivity index (χ0v) is 7.20. The Morgan fingerprint density at radius 3 is 2.83 bits per heavy atom. The van der Waals surface area contributed by atoms with E-state index in [-0.39, 0.29) is 6.10 Å². The Morgan fingerprint density at radius 2 is 2.25 bits per heavy atom. The van der Waals surface area contributed by atoms with Gasteiger partial charge in [0.1, 0.15) is 0 Å². The molecule has 1 atom stereocenters. The minimum Gasteiger partial charge on any atom is -0.361 e. The van der Waals surface area contributed by atoms with Gasteiger partial charge in [0, 0.05) is 19.1 Å². The molecule has 1 saturated carbocycles. The molecule has 2 fully saturated rings. The predicted octanol–water partition coefficient (Wildman–Crippen LogP) is 0.763. The molecule has 0 N–H and O–H groups in total. The van der Waals surface area contributed by atoms with Crippen molar-refractivity contribution in [1.82, 2.24) is 4.90 Å². The fraction of sp³-hybridized carbons (Fsp3) is 0.889. The van der Waals surface area contributed by atoms with E-state index in [2.05, 4.69) is 11.0 Å². The molecule has 66 valence electrons. The number of rotatable bonds is 1. The van der Waals surface area contributed by atoms with Crippen molar-refractivity contribution in [3.63, 3.8) is 0 Å². The van der Waals surface area contributed by atoms with Crippen molar-refractivity contribution in [2.45, 2.75) is 31.4 Å². The van der Waals surface area contributed by atoms with Gasteiger partial charge in [-0.3, -0.25) is 4.90 Å². The second-order valence-corrected chi connectivity index (χ2v) is 3.57. The molecule has 1 aliphatic carbocycles. The average Bonchev–Trinajstić information content (AvgIpc) is 2.02. The summed E-state index contributed by atoms with van der Waals surface area (Å²) >= 11 is 0. The quantitative estimate of drug-likeness (QED) is 0.577. The molecular weight excluding hydrogens is 152 g/mol. The molecule has 0 radical (unpaired) electrons. The number of ether oxygens (including phenoxy) is 1. The highest BCUT2D eigenvalue weighted by atomic mass is 16.5. The highest BCUT2D eigenvalue weighted by Crippen LogP contribution is 2.25. The van der Waals surface area contributed by atoms with Crippen LogP contribution in [-0.2, 0) is 4.74 Å². The molecule has 0 aromatic carbocycles. The summed E-state index contributed by atoms with van der Waals surface area (Å²) in [5.74, 6) is 0. The lowest BCUT2D eigenvalue weighted by Gasteiger charge is -2.40. The van der Waals surface area contributed by atoms with E-state index in [0.717, 1.165) is 25.7 Å². The molecular formula is C9H14N2O.